The van der Waals surface area contributed by atoms with Gasteiger partial charge in [0.25, 0.3) is 5.56 Å². The average Bonchev–Trinajstić information content (AvgIpc) is 2.91. The van der Waals surface area contributed by atoms with Crippen molar-refractivity contribution in [1.82, 2.24) is 9.78 Å². The third-order valence-corrected chi connectivity index (χ3v) is 4.20. The van der Waals surface area contributed by atoms with Crippen LogP contribution in [0.15, 0.2) is 32.3 Å². The van der Waals surface area contributed by atoms with E-state index in [1.54, 1.807) is 0 Å². The molecular formula is C12H11BrF3N3OS. The summed E-state index contributed by atoms with van der Waals surface area (Å²) in [7, 11) is 0. The molecule has 1 atom stereocenters. The molecule has 0 saturated carbocycles. The molecule has 4 nitrogen and oxygen atoms in total. The van der Waals surface area contributed by atoms with Crippen LogP contribution in [0.25, 0.3) is 0 Å². The van der Waals surface area contributed by atoms with Crippen molar-refractivity contribution in [3.63, 3.8) is 0 Å². The van der Waals surface area contributed by atoms with Crippen LogP contribution in [0.3, 0.4) is 0 Å². The van der Waals surface area contributed by atoms with Crippen molar-refractivity contribution in [1.29, 1.82) is 0 Å². The number of hydrogen-bond acceptors (Lipinski definition) is 4. The summed E-state index contributed by atoms with van der Waals surface area (Å²) in [5.41, 5.74) is 0.554. The van der Waals surface area contributed by atoms with Gasteiger partial charge >= 0.3 is 6.18 Å². The van der Waals surface area contributed by atoms with Crippen LogP contribution < -0.4 is 10.9 Å². The molecule has 0 aliphatic rings. The first-order valence-corrected chi connectivity index (χ1v) is 7.62. The molecule has 2 aromatic rings. The molecule has 0 bridgehead atoms. The zero-order chi connectivity index (χ0) is 15.6. The summed E-state index contributed by atoms with van der Waals surface area (Å²) < 4.78 is 37.4. The Labute approximate surface area is 130 Å². The van der Waals surface area contributed by atoms with Crippen molar-refractivity contribution in [3.8, 4) is 0 Å². The van der Waals surface area contributed by atoms with E-state index in [1.165, 1.54) is 17.5 Å². The fourth-order valence-electron chi connectivity index (χ4n) is 1.69. The smallest absolute Gasteiger partial charge is 0.376 e. The lowest BCUT2D eigenvalue weighted by atomic mass is 10.2. The molecule has 0 radical (unpaired) electrons. The molecule has 9 heteroatoms. The van der Waals surface area contributed by atoms with E-state index in [9.17, 15) is 18.0 Å². The van der Waals surface area contributed by atoms with Crippen molar-refractivity contribution < 1.29 is 13.2 Å². The molecule has 0 aliphatic carbocycles. The Morgan fingerprint density at radius 2 is 2.24 bits per heavy atom. The summed E-state index contributed by atoms with van der Waals surface area (Å²) in [6, 6.07) is 1.83. The van der Waals surface area contributed by atoms with Gasteiger partial charge in [0.05, 0.1) is 11.9 Å². The van der Waals surface area contributed by atoms with Gasteiger partial charge in [-0.3, -0.25) is 4.79 Å². The van der Waals surface area contributed by atoms with Crippen LogP contribution in [0.4, 0.5) is 18.9 Å². The summed E-state index contributed by atoms with van der Waals surface area (Å²) in [5, 5.41) is 10.5. The number of rotatable bonds is 4. The number of halogens is 4. The van der Waals surface area contributed by atoms with Gasteiger partial charge in [0.1, 0.15) is 11.0 Å². The molecule has 0 aliphatic heterocycles. The lowest BCUT2D eigenvalue weighted by Gasteiger charge is -2.16. The van der Waals surface area contributed by atoms with E-state index in [0.29, 0.717) is 10.4 Å². The molecule has 2 rings (SSSR count). The topological polar surface area (TPSA) is 46.9 Å². The largest absolute Gasteiger partial charge is 0.408 e. The molecule has 1 N–H and O–H groups in total. The minimum Gasteiger partial charge on any atom is -0.376 e. The fraction of sp³-hybridized carbons (Fsp3) is 0.333. The maximum absolute atomic E-state index is 12.3. The Morgan fingerprint density at radius 1 is 1.52 bits per heavy atom. The molecule has 21 heavy (non-hydrogen) atoms. The van der Waals surface area contributed by atoms with Crippen LogP contribution in [-0.2, 0) is 6.54 Å². The maximum atomic E-state index is 12.3. The summed E-state index contributed by atoms with van der Waals surface area (Å²) in [4.78, 5) is 11.9. The van der Waals surface area contributed by atoms with E-state index >= 15 is 0 Å². The van der Waals surface area contributed by atoms with Gasteiger partial charge in [0, 0.05) is 6.04 Å². The molecule has 0 spiro atoms. The SMILES string of the molecule is CC(Nc1cnn(CC(F)(F)F)c(=O)c1Br)c1ccsc1. The standard InChI is InChI=1S/C12H11BrF3N3OS/c1-7(8-2-3-21-5-8)18-9-4-17-19(6-12(14,15)16)11(20)10(9)13/h2-5,7,18H,6H2,1H3. The molecule has 0 aromatic carbocycles. The first-order chi connectivity index (χ1) is 9.78. The van der Waals surface area contributed by atoms with Crippen LogP contribution in [0.1, 0.15) is 18.5 Å². The van der Waals surface area contributed by atoms with Crippen LogP contribution in [0, 0.1) is 0 Å². The highest BCUT2D eigenvalue weighted by molar-refractivity contribution is 9.10. The predicted molar refractivity (Wildman–Crippen MR) is 78.6 cm³/mol. The molecule has 114 valence electrons. The maximum Gasteiger partial charge on any atom is 0.408 e. The van der Waals surface area contributed by atoms with Gasteiger partial charge in [-0.15, -0.1) is 0 Å². The molecule has 0 amide bonds. The van der Waals surface area contributed by atoms with Gasteiger partial charge in [-0.2, -0.15) is 29.6 Å². The van der Waals surface area contributed by atoms with Crippen LogP contribution in [-0.4, -0.2) is 16.0 Å². The second-order valence-electron chi connectivity index (χ2n) is 4.37. The zero-order valence-corrected chi connectivity index (χ0v) is 13.2. The van der Waals surface area contributed by atoms with Crippen LogP contribution in [0.5, 0.6) is 0 Å². The van der Waals surface area contributed by atoms with Gasteiger partial charge in [0.2, 0.25) is 0 Å². The highest BCUT2D eigenvalue weighted by Gasteiger charge is 2.29. The molecule has 1 unspecified atom stereocenters. The minimum absolute atomic E-state index is 0.0313. The Balaban J connectivity index is 2.23. The Hall–Kier alpha value is -1.35. The van der Waals surface area contributed by atoms with E-state index in [-0.39, 0.29) is 10.5 Å². The van der Waals surface area contributed by atoms with Crippen molar-refractivity contribution in [2.45, 2.75) is 25.7 Å². The van der Waals surface area contributed by atoms with E-state index in [4.69, 9.17) is 0 Å². The number of nitrogens with zero attached hydrogens (tertiary/aromatic N) is 2. The quantitative estimate of drug-likeness (QED) is 0.875. The number of hydrogen-bond donors (Lipinski definition) is 1. The number of alkyl halides is 3. The van der Waals surface area contributed by atoms with Crippen molar-refractivity contribution >= 4 is 33.0 Å². The van der Waals surface area contributed by atoms with Gasteiger partial charge < -0.3 is 5.32 Å². The average molecular weight is 382 g/mol. The fourth-order valence-corrected chi connectivity index (χ4v) is 2.86. The molecule has 0 fully saturated rings. The van der Waals surface area contributed by atoms with Crippen molar-refractivity contribution in [2.24, 2.45) is 0 Å². The number of nitrogens with one attached hydrogen (secondary N) is 1. The van der Waals surface area contributed by atoms with E-state index in [0.717, 1.165) is 5.56 Å². The lowest BCUT2D eigenvalue weighted by molar-refractivity contribution is -0.143. The van der Waals surface area contributed by atoms with Crippen LogP contribution >= 0.6 is 27.3 Å². The van der Waals surface area contributed by atoms with Crippen molar-refractivity contribution in [3.05, 3.63) is 43.4 Å². The van der Waals surface area contributed by atoms with E-state index in [1.807, 2.05) is 23.8 Å². The number of aromatic nitrogens is 2. The third kappa shape index (κ3) is 4.07. The lowest BCUT2D eigenvalue weighted by Crippen LogP contribution is -2.31. The van der Waals surface area contributed by atoms with Gasteiger partial charge in [0.15, 0.2) is 0 Å². The predicted octanol–water partition coefficient (Wildman–Crippen LogP) is 3.80. The van der Waals surface area contributed by atoms with Crippen LogP contribution in [0.2, 0.25) is 0 Å². The van der Waals surface area contributed by atoms with Gasteiger partial charge in [-0.05, 0) is 45.2 Å². The third-order valence-electron chi connectivity index (χ3n) is 2.73. The first-order valence-electron chi connectivity index (χ1n) is 5.89. The second kappa shape index (κ2) is 6.18. The normalized spacial score (nSPS) is 13.2. The highest BCUT2D eigenvalue weighted by atomic mass is 79.9. The second-order valence-corrected chi connectivity index (χ2v) is 5.95. The van der Waals surface area contributed by atoms with E-state index in [2.05, 4.69) is 26.3 Å². The molecule has 0 saturated heterocycles. The highest BCUT2D eigenvalue weighted by Crippen LogP contribution is 2.25. The zero-order valence-electron chi connectivity index (χ0n) is 10.8. The summed E-state index contributed by atoms with van der Waals surface area (Å²) in [6.45, 7) is 0.473. The number of anilines is 1. The summed E-state index contributed by atoms with van der Waals surface area (Å²) >= 11 is 4.57. The van der Waals surface area contributed by atoms with E-state index < -0.39 is 18.3 Å². The molecule has 2 aromatic heterocycles. The Kier molecular flexibility index (Phi) is 4.72. The van der Waals surface area contributed by atoms with Gasteiger partial charge in [-0.1, -0.05) is 0 Å². The first kappa shape index (κ1) is 16.0. The summed E-state index contributed by atoms with van der Waals surface area (Å²) in [6.07, 6.45) is -3.28. The van der Waals surface area contributed by atoms with Crippen molar-refractivity contribution in [2.75, 3.05) is 5.32 Å². The Morgan fingerprint density at radius 3 is 2.81 bits per heavy atom. The molecular weight excluding hydrogens is 371 g/mol. The number of thiophene rings is 1. The molecule has 2 heterocycles. The summed E-state index contributed by atoms with van der Waals surface area (Å²) in [5.74, 6) is 0. The Bertz CT molecular complexity index is 669. The monoisotopic (exact) mass is 381 g/mol. The minimum atomic E-state index is -4.49. The van der Waals surface area contributed by atoms with Gasteiger partial charge in [-0.25, -0.2) is 4.68 Å².